The number of ether oxygens (including phenoxy) is 1. The molecule has 0 radical (unpaired) electrons. The van der Waals surface area contributed by atoms with E-state index in [1.54, 1.807) is 7.05 Å². The van der Waals surface area contributed by atoms with E-state index >= 15 is 0 Å². The Morgan fingerprint density at radius 3 is 2.29 bits per heavy atom. The van der Waals surface area contributed by atoms with Crippen LogP contribution in [0.1, 0.15) is 63.4 Å². The fourth-order valence-corrected chi connectivity index (χ4v) is 4.17. The molecule has 6 nitrogen and oxygen atoms in total. The molecular formula is C22H34N4O2. The third kappa shape index (κ3) is 5.41. The molecule has 1 aromatic rings. The Bertz CT molecular complexity index is 672. The average Bonchev–Trinajstić information content (AvgIpc) is 3.24. The van der Waals surface area contributed by atoms with Crippen LogP contribution in [0.2, 0.25) is 0 Å². The molecular weight excluding hydrogens is 352 g/mol. The van der Waals surface area contributed by atoms with E-state index in [-0.39, 0.29) is 11.8 Å². The molecule has 0 saturated heterocycles. The number of nitrogens with zero attached hydrogens (tertiary/aromatic N) is 1. The molecule has 154 valence electrons. The van der Waals surface area contributed by atoms with Crippen molar-refractivity contribution in [3.63, 3.8) is 0 Å². The van der Waals surface area contributed by atoms with Crippen LogP contribution < -0.4 is 21.6 Å². The third-order valence-corrected chi connectivity index (χ3v) is 5.91. The van der Waals surface area contributed by atoms with Crippen LogP contribution in [0.3, 0.4) is 0 Å². The van der Waals surface area contributed by atoms with Crippen molar-refractivity contribution in [2.45, 2.75) is 63.9 Å². The average molecular weight is 387 g/mol. The van der Waals surface area contributed by atoms with Gasteiger partial charge >= 0.3 is 0 Å². The maximum atomic E-state index is 12.3. The van der Waals surface area contributed by atoms with Crippen molar-refractivity contribution in [2.24, 2.45) is 17.5 Å². The molecule has 28 heavy (non-hydrogen) atoms. The van der Waals surface area contributed by atoms with Crippen LogP contribution in [0.5, 0.6) is 5.75 Å². The zero-order chi connectivity index (χ0) is 19.9. The van der Waals surface area contributed by atoms with Crippen molar-refractivity contribution in [1.29, 1.82) is 0 Å². The quantitative estimate of drug-likeness (QED) is 0.494. The summed E-state index contributed by atoms with van der Waals surface area (Å²) in [5, 5.41) is 4.48. The summed E-state index contributed by atoms with van der Waals surface area (Å²) in [6, 6.07) is 7.83. The first kappa shape index (κ1) is 20.5. The van der Waals surface area contributed by atoms with Gasteiger partial charge in [-0.15, -0.1) is 0 Å². The van der Waals surface area contributed by atoms with Crippen LogP contribution >= 0.6 is 0 Å². The Morgan fingerprint density at radius 2 is 1.68 bits per heavy atom. The van der Waals surface area contributed by atoms with Gasteiger partial charge in [0.1, 0.15) is 5.75 Å². The molecule has 0 aliphatic heterocycles. The van der Waals surface area contributed by atoms with Gasteiger partial charge in [0.2, 0.25) is 5.91 Å². The van der Waals surface area contributed by atoms with Crippen molar-refractivity contribution in [1.82, 2.24) is 10.3 Å². The van der Waals surface area contributed by atoms with Crippen molar-refractivity contribution < 1.29 is 9.53 Å². The first-order valence-electron chi connectivity index (χ1n) is 10.6. The summed E-state index contributed by atoms with van der Waals surface area (Å²) in [5.74, 6) is 7.09. The van der Waals surface area contributed by atoms with Gasteiger partial charge in [-0.05, 0) is 68.4 Å². The van der Waals surface area contributed by atoms with Crippen LogP contribution in [0.4, 0.5) is 0 Å². The number of carbonyl (C=O) groups excluding carboxylic acids is 1. The Hall–Kier alpha value is -2.21. The molecule has 2 fully saturated rings. The number of benzene rings is 1. The Labute approximate surface area is 168 Å². The summed E-state index contributed by atoms with van der Waals surface area (Å²) in [7, 11) is 1.74. The lowest BCUT2D eigenvalue weighted by molar-refractivity contribution is -0.124. The molecule has 1 aromatic carbocycles. The number of rotatable bonds is 7. The standard InChI is InChI=1S/C22H34N4O2/c1-26(24)20(15-25-22(27)17-7-5-6-8-17)21(23)16-11-13-19(14-12-16)28-18-9-3-2-4-10-18/h11-14,17-18H,2-10,15,23-24H2,1H3,(H,25,27)/b21-20-. The summed E-state index contributed by atoms with van der Waals surface area (Å²) in [6.45, 7) is 0.328. The molecule has 0 heterocycles. The van der Waals surface area contributed by atoms with Crippen molar-refractivity contribution in [3.05, 3.63) is 35.5 Å². The summed E-state index contributed by atoms with van der Waals surface area (Å²) in [5.41, 5.74) is 8.53. The van der Waals surface area contributed by atoms with E-state index in [0.29, 0.717) is 24.0 Å². The predicted octanol–water partition coefficient (Wildman–Crippen LogP) is 3.14. The van der Waals surface area contributed by atoms with E-state index in [2.05, 4.69) is 5.32 Å². The van der Waals surface area contributed by atoms with Crippen LogP contribution in [-0.4, -0.2) is 30.6 Å². The van der Waals surface area contributed by atoms with Crippen molar-refractivity contribution in [2.75, 3.05) is 13.6 Å². The Kier molecular flexibility index (Phi) is 7.20. The van der Waals surface area contributed by atoms with E-state index < -0.39 is 0 Å². The van der Waals surface area contributed by atoms with Gasteiger partial charge in [-0.2, -0.15) is 0 Å². The number of amides is 1. The predicted molar refractivity (Wildman–Crippen MR) is 112 cm³/mol. The van der Waals surface area contributed by atoms with E-state index in [4.69, 9.17) is 16.3 Å². The highest BCUT2D eigenvalue weighted by Gasteiger charge is 2.23. The van der Waals surface area contributed by atoms with Gasteiger partial charge in [-0.25, -0.2) is 5.84 Å². The SMILES string of the molecule is CN(N)/C(CNC(=O)C1CCCC1)=C(\N)c1ccc(OC2CCCCC2)cc1. The summed E-state index contributed by atoms with van der Waals surface area (Å²) in [4.78, 5) is 12.3. The largest absolute Gasteiger partial charge is 0.490 e. The maximum absolute atomic E-state index is 12.3. The van der Waals surface area contributed by atoms with Crippen molar-refractivity contribution in [3.8, 4) is 5.75 Å². The van der Waals surface area contributed by atoms with Crippen LogP contribution in [0.15, 0.2) is 30.0 Å². The minimum atomic E-state index is 0.0980. The second-order valence-electron chi connectivity index (χ2n) is 8.07. The number of hydrogen-bond donors (Lipinski definition) is 3. The summed E-state index contributed by atoms with van der Waals surface area (Å²) in [6.07, 6.45) is 10.6. The van der Waals surface area contributed by atoms with Gasteiger partial charge in [0, 0.05) is 13.0 Å². The Balaban J connectivity index is 1.63. The highest BCUT2D eigenvalue weighted by Crippen LogP contribution is 2.26. The fraction of sp³-hybridized carbons (Fsp3) is 0.591. The molecule has 3 rings (SSSR count). The molecule has 2 aliphatic carbocycles. The number of likely N-dealkylation sites (N-methyl/N-ethyl adjacent to an activating group) is 1. The fourth-order valence-electron chi connectivity index (χ4n) is 4.17. The minimum absolute atomic E-state index is 0.0980. The maximum Gasteiger partial charge on any atom is 0.223 e. The van der Waals surface area contributed by atoms with E-state index in [9.17, 15) is 4.79 Å². The summed E-state index contributed by atoms with van der Waals surface area (Å²) < 4.78 is 6.08. The molecule has 0 bridgehead atoms. The minimum Gasteiger partial charge on any atom is -0.490 e. The number of carbonyl (C=O) groups is 1. The van der Waals surface area contributed by atoms with Crippen LogP contribution in [0.25, 0.3) is 5.70 Å². The van der Waals surface area contributed by atoms with Gasteiger partial charge in [-0.1, -0.05) is 19.3 Å². The van der Waals surface area contributed by atoms with E-state index in [0.717, 1.165) is 49.8 Å². The molecule has 0 aromatic heterocycles. The van der Waals surface area contributed by atoms with Gasteiger partial charge in [0.05, 0.1) is 24.0 Å². The van der Waals surface area contributed by atoms with Gasteiger partial charge in [0.25, 0.3) is 0 Å². The number of hydrogen-bond acceptors (Lipinski definition) is 5. The summed E-state index contributed by atoms with van der Waals surface area (Å²) >= 11 is 0. The second kappa shape index (κ2) is 9.82. The smallest absolute Gasteiger partial charge is 0.223 e. The first-order valence-corrected chi connectivity index (χ1v) is 10.6. The van der Waals surface area contributed by atoms with E-state index in [1.807, 2.05) is 24.3 Å². The monoisotopic (exact) mass is 386 g/mol. The lowest BCUT2D eigenvalue weighted by Gasteiger charge is -2.23. The van der Waals surface area contributed by atoms with Crippen LogP contribution in [0, 0.1) is 5.92 Å². The number of nitrogens with two attached hydrogens (primary N) is 2. The molecule has 2 saturated carbocycles. The molecule has 1 amide bonds. The van der Waals surface area contributed by atoms with Gasteiger partial charge < -0.3 is 20.8 Å². The van der Waals surface area contributed by atoms with Gasteiger partial charge in [-0.3, -0.25) is 4.79 Å². The third-order valence-electron chi connectivity index (χ3n) is 5.91. The highest BCUT2D eigenvalue weighted by molar-refractivity contribution is 5.79. The van der Waals surface area contributed by atoms with Gasteiger partial charge in [0.15, 0.2) is 0 Å². The highest BCUT2D eigenvalue weighted by atomic mass is 16.5. The molecule has 5 N–H and O–H groups in total. The Morgan fingerprint density at radius 1 is 1.07 bits per heavy atom. The zero-order valence-corrected chi connectivity index (χ0v) is 17.0. The van der Waals surface area contributed by atoms with Crippen LogP contribution in [-0.2, 0) is 4.79 Å². The number of nitrogens with one attached hydrogen (secondary N) is 1. The molecule has 6 heteroatoms. The lowest BCUT2D eigenvalue weighted by Crippen LogP contribution is -2.38. The second-order valence-corrected chi connectivity index (χ2v) is 8.07. The first-order chi connectivity index (χ1) is 13.5. The molecule has 0 spiro atoms. The zero-order valence-electron chi connectivity index (χ0n) is 17.0. The molecule has 0 atom stereocenters. The van der Waals surface area contributed by atoms with E-state index in [1.165, 1.54) is 24.3 Å². The lowest BCUT2D eigenvalue weighted by atomic mass is 9.98. The molecule has 2 aliphatic rings. The van der Waals surface area contributed by atoms with Crippen molar-refractivity contribution >= 4 is 11.6 Å². The normalized spacial score (nSPS) is 19.2. The molecule has 0 unspecified atom stereocenters. The number of hydrazine groups is 1. The topological polar surface area (TPSA) is 93.6 Å².